The summed E-state index contributed by atoms with van der Waals surface area (Å²) in [5.41, 5.74) is 0.236. The van der Waals surface area contributed by atoms with E-state index in [1.54, 1.807) is 6.92 Å². The molecule has 1 unspecified atom stereocenters. The van der Waals surface area contributed by atoms with E-state index in [-0.39, 0.29) is 10.6 Å². The van der Waals surface area contributed by atoms with E-state index < -0.39 is 11.7 Å². The van der Waals surface area contributed by atoms with Crippen LogP contribution in [0.4, 0.5) is 4.39 Å². The van der Waals surface area contributed by atoms with E-state index >= 15 is 0 Å². The summed E-state index contributed by atoms with van der Waals surface area (Å²) >= 11 is 11.2. The first-order valence-electron chi connectivity index (χ1n) is 3.60. The predicted molar refractivity (Wildman–Crippen MR) is 50.4 cm³/mol. The van der Waals surface area contributed by atoms with Crippen molar-refractivity contribution in [2.75, 3.05) is 0 Å². The molecule has 0 radical (unpaired) electrons. The zero-order valence-corrected chi connectivity index (χ0v) is 8.33. The van der Waals surface area contributed by atoms with Crippen LogP contribution in [0.2, 0.25) is 10.0 Å². The lowest BCUT2D eigenvalue weighted by atomic mass is 10.0. The van der Waals surface area contributed by atoms with Gasteiger partial charge in [-0.3, -0.25) is 0 Å². The topological polar surface area (TPSA) is 23.8 Å². The Kier molecular flexibility index (Phi) is 3.13. The van der Waals surface area contributed by atoms with Gasteiger partial charge in [-0.15, -0.1) is 0 Å². The fourth-order valence-corrected chi connectivity index (χ4v) is 1.47. The second-order valence-corrected chi connectivity index (χ2v) is 3.49. The Morgan fingerprint density at radius 1 is 1.46 bits per heavy atom. The highest BCUT2D eigenvalue weighted by atomic mass is 35.5. The lowest BCUT2D eigenvalue weighted by Gasteiger charge is -2.06. The molecule has 0 aromatic heterocycles. The van der Waals surface area contributed by atoms with E-state index in [9.17, 15) is 4.39 Å². The maximum absolute atomic E-state index is 13.3. The minimum atomic E-state index is -0.569. The Bertz CT molecular complexity index is 371. The average Bonchev–Trinajstić information content (AvgIpc) is 2.10. The van der Waals surface area contributed by atoms with Crippen molar-refractivity contribution in [1.82, 2.24) is 0 Å². The van der Waals surface area contributed by atoms with Crippen molar-refractivity contribution in [3.63, 3.8) is 0 Å². The molecule has 0 N–H and O–H groups in total. The number of halogens is 3. The third-order valence-corrected chi connectivity index (χ3v) is 2.17. The van der Waals surface area contributed by atoms with Crippen molar-refractivity contribution < 1.29 is 4.39 Å². The molecule has 0 heterocycles. The van der Waals surface area contributed by atoms with E-state index in [1.165, 1.54) is 12.1 Å². The van der Waals surface area contributed by atoms with Gasteiger partial charge in [-0.05, 0) is 19.1 Å². The Labute approximate surface area is 85.7 Å². The van der Waals surface area contributed by atoms with Crippen LogP contribution in [-0.4, -0.2) is 0 Å². The van der Waals surface area contributed by atoms with Gasteiger partial charge in [-0.25, -0.2) is 4.39 Å². The summed E-state index contributed by atoms with van der Waals surface area (Å²) in [6, 6.07) is 4.64. The molecule has 1 aromatic rings. The molecule has 1 nitrogen and oxygen atoms in total. The molecule has 0 amide bonds. The van der Waals surface area contributed by atoms with Gasteiger partial charge in [-0.1, -0.05) is 23.2 Å². The number of hydrogen-bond acceptors (Lipinski definition) is 1. The largest absolute Gasteiger partial charge is 0.205 e. The van der Waals surface area contributed by atoms with Gasteiger partial charge >= 0.3 is 0 Å². The minimum absolute atomic E-state index is 0.0513. The van der Waals surface area contributed by atoms with Gasteiger partial charge in [-0.2, -0.15) is 5.26 Å². The first-order chi connectivity index (χ1) is 6.06. The van der Waals surface area contributed by atoms with E-state index in [0.29, 0.717) is 5.02 Å². The number of nitriles is 1. The minimum Gasteiger partial charge on any atom is -0.205 e. The summed E-state index contributed by atoms with van der Waals surface area (Å²) in [5, 5.41) is 8.88. The third kappa shape index (κ3) is 2.12. The zero-order valence-electron chi connectivity index (χ0n) is 6.81. The molecule has 0 aliphatic heterocycles. The van der Waals surface area contributed by atoms with E-state index in [4.69, 9.17) is 28.5 Å². The molecular weight excluding hydrogens is 212 g/mol. The van der Waals surface area contributed by atoms with Crippen LogP contribution < -0.4 is 0 Å². The molecule has 0 fully saturated rings. The first kappa shape index (κ1) is 10.3. The molecule has 0 aliphatic rings. The molecule has 0 spiro atoms. The van der Waals surface area contributed by atoms with Crippen LogP contribution in [0.15, 0.2) is 12.1 Å². The quantitative estimate of drug-likeness (QED) is 0.658. The third-order valence-electron chi connectivity index (χ3n) is 1.68. The van der Waals surface area contributed by atoms with Gasteiger partial charge in [0, 0.05) is 10.6 Å². The smallest absolute Gasteiger partial charge is 0.146 e. The van der Waals surface area contributed by atoms with Crippen molar-refractivity contribution in [1.29, 1.82) is 5.26 Å². The van der Waals surface area contributed by atoms with E-state index in [0.717, 1.165) is 0 Å². The number of hydrogen-bond donors (Lipinski definition) is 0. The molecule has 0 saturated carbocycles. The predicted octanol–water partition coefficient (Wildman–Crippen LogP) is 3.76. The van der Waals surface area contributed by atoms with Crippen LogP contribution in [0, 0.1) is 17.1 Å². The van der Waals surface area contributed by atoms with Gasteiger partial charge in [0.15, 0.2) is 0 Å². The molecular formula is C9H6Cl2FN. The average molecular weight is 218 g/mol. The lowest BCUT2D eigenvalue weighted by Crippen LogP contribution is -1.95. The summed E-state index contributed by atoms with van der Waals surface area (Å²) in [6.07, 6.45) is 0. The molecule has 13 heavy (non-hydrogen) atoms. The molecule has 68 valence electrons. The van der Waals surface area contributed by atoms with Gasteiger partial charge in [0.05, 0.1) is 17.0 Å². The Morgan fingerprint density at radius 2 is 2.08 bits per heavy atom. The molecule has 1 atom stereocenters. The second kappa shape index (κ2) is 3.95. The summed E-state index contributed by atoms with van der Waals surface area (Å²) < 4.78 is 13.3. The maximum atomic E-state index is 13.3. The van der Waals surface area contributed by atoms with Crippen LogP contribution in [0.3, 0.4) is 0 Å². The highest BCUT2D eigenvalue weighted by molar-refractivity contribution is 6.34. The Morgan fingerprint density at radius 3 is 2.62 bits per heavy atom. The molecule has 0 saturated heterocycles. The summed E-state index contributed by atoms with van der Waals surface area (Å²) in [4.78, 5) is 0. The van der Waals surface area contributed by atoms with E-state index in [2.05, 4.69) is 0 Å². The monoisotopic (exact) mass is 217 g/mol. The van der Waals surface area contributed by atoms with Crippen molar-refractivity contribution in [3.05, 3.63) is 33.6 Å². The highest BCUT2D eigenvalue weighted by Gasteiger charge is 2.14. The Hall–Kier alpha value is -0.780. The maximum Gasteiger partial charge on any atom is 0.146 e. The number of benzene rings is 1. The zero-order chi connectivity index (χ0) is 10.0. The van der Waals surface area contributed by atoms with Gasteiger partial charge in [0.25, 0.3) is 0 Å². The van der Waals surface area contributed by atoms with Crippen molar-refractivity contribution >= 4 is 23.2 Å². The van der Waals surface area contributed by atoms with Crippen molar-refractivity contribution in [3.8, 4) is 6.07 Å². The summed E-state index contributed by atoms with van der Waals surface area (Å²) in [6.45, 7) is 1.59. The molecule has 0 bridgehead atoms. The normalized spacial score (nSPS) is 12.2. The molecule has 0 aliphatic carbocycles. The van der Waals surface area contributed by atoms with Gasteiger partial charge in [0.1, 0.15) is 5.82 Å². The number of nitrogens with zero attached hydrogens (tertiary/aromatic N) is 1. The van der Waals surface area contributed by atoms with Crippen LogP contribution in [0.1, 0.15) is 18.4 Å². The first-order valence-corrected chi connectivity index (χ1v) is 4.36. The van der Waals surface area contributed by atoms with Crippen LogP contribution in [0.5, 0.6) is 0 Å². The second-order valence-electron chi connectivity index (χ2n) is 2.64. The summed E-state index contributed by atoms with van der Waals surface area (Å²) in [7, 11) is 0. The van der Waals surface area contributed by atoms with Crippen LogP contribution in [0.25, 0.3) is 0 Å². The van der Waals surface area contributed by atoms with Crippen molar-refractivity contribution in [2.24, 2.45) is 0 Å². The lowest BCUT2D eigenvalue weighted by molar-refractivity contribution is 0.607. The molecule has 1 aromatic carbocycles. The van der Waals surface area contributed by atoms with Crippen LogP contribution in [-0.2, 0) is 0 Å². The Balaban J connectivity index is 3.30. The van der Waals surface area contributed by atoms with E-state index in [1.807, 2.05) is 6.07 Å². The van der Waals surface area contributed by atoms with Gasteiger partial charge in [0.2, 0.25) is 0 Å². The van der Waals surface area contributed by atoms with Crippen molar-refractivity contribution in [2.45, 2.75) is 12.8 Å². The fourth-order valence-electron chi connectivity index (χ4n) is 0.961. The SMILES string of the molecule is CC(C#N)c1cc(Cl)cc(Cl)c1F. The van der Waals surface area contributed by atoms with Crippen LogP contribution >= 0.6 is 23.2 Å². The highest BCUT2D eigenvalue weighted by Crippen LogP contribution is 2.28. The number of rotatable bonds is 1. The van der Waals surface area contributed by atoms with Gasteiger partial charge < -0.3 is 0 Å². The fraction of sp³-hybridized carbons (Fsp3) is 0.222. The standard InChI is InChI=1S/C9H6Cl2FN/c1-5(4-13)7-2-6(10)3-8(11)9(7)12/h2-3,5H,1H3. The molecule has 4 heteroatoms. The summed E-state index contributed by atoms with van der Waals surface area (Å²) in [5.74, 6) is -1.11. The molecule has 1 rings (SSSR count).